The summed E-state index contributed by atoms with van der Waals surface area (Å²) in [7, 11) is 0. The molecule has 0 fully saturated rings. The Morgan fingerprint density at radius 1 is 0.632 bits per heavy atom. The lowest BCUT2D eigenvalue weighted by Crippen LogP contribution is -2.29. The van der Waals surface area contributed by atoms with Crippen molar-refractivity contribution < 1.29 is 5.11 Å². The van der Waals surface area contributed by atoms with E-state index in [-0.39, 0.29) is 0 Å². The van der Waals surface area contributed by atoms with E-state index in [4.69, 9.17) is 28.2 Å². The second-order valence-corrected chi connectivity index (χ2v) is 9.76. The maximum Gasteiger partial charge on any atom is 0.142 e. The number of hydrogen-bond donors (Lipinski definition) is 1. The summed E-state index contributed by atoms with van der Waals surface area (Å²) in [5.41, 5.74) is 4.50. The van der Waals surface area contributed by atoms with E-state index in [2.05, 4.69) is 9.97 Å². The summed E-state index contributed by atoms with van der Waals surface area (Å²) in [6.45, 7) is 0. The summed E-state index contributed by atoms with van der Waals surface area (Å²) in [4.78, 5) is 13.6. The van der Waals surface area contributed by atoms with E-state index in [9.17, 15) is 5.11 Å². The molecule has 6 heteroatoms. The molecule has 3 aromatic heterocycles. The molecule has 4 nitrogen and oxygen atoms in total. The smallest absolute Gasteiger partial charge is 0.142 e. The first-order valence-corrected chi connectivity index (χ1v) is 12.8. The van der Waals surface area contributed by atoms with Gasteiger partial charge in [0.2, 0.25) is 0 Å². The maximum atomic E-state index is 12.3. The zero-order chi connectivity index (χ0) is 26.1. The minimum absolute atomic E-state index is 0.548. The van der Waals surface area contributed by atoms with Crippen LogP contribution in [0.2, 0.25) is 10.0 Å². The molecular weight excluding hydrogens is 513 g/mol. The van der Waals surface area contributed by atoms with Crippen LogP contribution in [-0.4, -0.2) is 20.1 Å². The molecule has 0 radical (unpaired) electrons. The van der Waals surface area contributed by atoms with Crippen molar-refractivity contribution in [1.82, 2.24) is 15.0 Å². The fourth-order valence-electron chi connectivity index (χ4n) is 4.80. The summed E-state index contributed by atoms with van der Waals surface area (Å²) in [5, 5.41) is 14.2. The fourth-order valence-corrected chi connectivity index (χ4v) is 5.27. The van der Waals surface area contributed by atoms with Crippen molar-refractivity contribution in [2.45, 2.75) is 5.60 Å². The zero-order valence-electron chi connectivity index (χ0n) is 20.1. The van der Waals surface area contributed by atoms with E-state index >= 15 is 0 Å². The highest BCUT2D eigenvalue weighted by molar-refractivity contribution is 6.39. The van der Waals surface area contributed by atoms with Crippen LogP contribution in [0.3, 0.4) is 0 Å². The molecule has 0 amide bonds. The second-order valence-electron chi connectivity index (χ2n) is 8.95. The Hall–Kier alpha value is -4.09. The normalized spacial score (nSPS) is 12.8. The number of benzene rings is 3. The first-order chi connectivity index (χ1) is 18.6. The van der Waals surface area contributed by atoms with E-state index in [0.29, 0.717) is 32.3 Å². The van der Waals surface area contributed by atoms with Crippen molar-refractivity contribution in [2.24, 2.45) is 0 Å². The topological polar surface area (TPSA) is 58.9 Å². The molecular formula is C32H21Cl2N3O. The summed E-state index contributed by atoms with van der Waals surface area (Å²) in [6.07, 6.45) is 6.86. The molecule has 0 saturated heterocycles. The van der Waals surface area contributed by atoms with Gasteiger partial charge in [0, 0.05) is 51.9 Å². The van der Waals surface area contributed by atoms with Crippen LogP contribution in [0.15, 0.2) is 122 Å². The molecule has 6 rings (SSSR count). The molecule has 0 spiro atoms. The summed E-state index contributed by atoms with van der Waals surface area (Å²) < 4.78 is 0. The number of fused-ring (bicyclic) bond motifs is 1. The van der Waals surface area contributed by atoms with E-state index < -0.39 is 5.60 Å². The average Bonchev–Trinajstić information content (AvgIpc) is 2.98. The molecule has 0 saturated carbocycles. The Bertz CT molecular complexity index is 1730. The molecule has 1 atom stereocenters. The molecule has 38 heavy (non-hydrogen) atoms. The Morgan fingerprint density at radius 2 is 1.32 bits per heavy atom. The number of aromatic nitrogens is 3. The van der Waals surface area contributed by atoms with Gasteiger partial charge in [-0.15, -0.1) is 0 Å². The molecule has 3 aromatic carbocycles. The van der Waals surface area contributed by atoms with E-state index in [1.54, 1.807) is 43.0 Å². The third-order valence-electron chi connectivity index (χ3n) is 6.68. The third-order valence-corrected chi connectivity index (χ3v) is 7.32. The van der Waals surface area contributed by atoms with Gasteiger partial charge in [-0.3, -0.25) is 9.97 Å². The standard InChI is InChI=1S/C32H21Cl2N3O/c33-26-13-10-23(11-14-26)32(38,25-9-5-17-36-20-25)24-12-15-28-27(18-24)30(34)29(21-6-2-1-3-7-21)31(37-28)22-8-4-16-35-19-22/h1-20,38H. The first-order valence-electron chi connectivity index (χ1n) is 12.0. The SMILES string of the molecule is OC(c1ccc(Cl)cc1)(c1cccnc1)c1ccc2nc(-c3cccnc3)c(-c3ccccc3)c(Cl)c2c1. The average molecular weight is 534 g/mol. The van der Waals surface area contributed by atoms with Crippen molar-refractivity contribution >= 4 is 34.1 Å². The van der Waals surface area contributed by atoms with E-state index in [1.165, 1.54) is 0 Å². The van der Waals surface area contributed by atoms with Gasteiger partial charge in [0.15, 0.2) is 0 Å². The number of rotatable bonds is 5. The second kappa shape index (κ2) is 9.99. The van der Waals surface area contributed by atoms with Crippen LogP contribution >= 0.6 is 23.2 Å². The predicted octanol–water partition coefficient (Wildman–Crippen LogP) is 7.95. The monoisotopic (exact) mass is 533 g/mol. The molecule has 184 valence electrons. The lowest BCUT2D eigenvalue weighted by molar-refractivity contribution is 0.125. The molecule has 0 aliphatic rings. The quantitative estimate of drug-likeness (QED) is 0.244. The van der Waals surface area contributed by atoms with E-state index in [0.717, 1.165) is 27.8 Å². The predicted molar refractivity (Wildman–Crippen MR) is 153 cm³/mol. The number of hydrogen-bond acceptors (Lipinski definition) is 4. The van der Waals surface area contributed by atoms with Crippen LogP contribution in [0.25, 0.3) is 33.3 Å². The number of halogens is 2. The maximum absolute atomic E-state index is 12.3. The number of pyridine rings is 3. The van der Waals surface area contributed by atoms with Crippen molar-refractivity contribution in [3.05, 3.63) is 149 Å². The largest absolute Gasteiger partial charge is 0.376 e. The van der Waals surface area contributed by atoms with Gasteiger partial charge >= 0.3 is 0 Å². The van der Waals surface area contributed by atoms with Gasteiger partial charge in [-0.1, -0.05) is 77.8 Å². The molecule has 6 aromatic rings. The molecule has 3 heterocycles. The molecule has 1 N–H and O–H groups in total. The van der Waals surface area contributed by atoms with Crippen molar-refractivity contribution in [1.29, 1.82) is 0 Å². The lowest BCUT2D eigenvalue weighted by Gasteiger charge is -2.30. The van der Waals surface area contributed by atoms with Gasteiger partial charge in [0.25, 0.3) is 0 Å². The van der Waals surface area contributed by atoms with Gasteiger partial charge in [-0.2, -0.15) is 0 Å². The Kier molecular flexibility index (Phi) is 6.38. The summed E-state index contributed by atoms with van der Waals surface area (Å²) in [6, 6.07) is 30.3. The lowest BCUT2D eigenvalue weighted by atomic mass is 9.80. The highest BCUT2D eigenvalue weighted by atomic mass is 35.5. The third kappa shape index (κ3) is 4.23. The van der Waals surface area contributed by atoms with Crippen LogP contribution in [-0.2, 0) is 5.60 Å². The molecule has 1 unspecified atom stereocenters. The molecule has 0 aliphatic carbocycles. The van der Waals surface area contributed by atoms with Crippen molar-refractivity contribution in [3.63, 3.8) is 0 Å². The van der Waals surface area contributed by atoms with Gasteiger partial charge < -0.3 is 5.11 Å². The van der Waals surface area contributed by atoms with Gasteiger partial charge in [-0.25, -0.2) is 4.98 Å². The highest BCUT2D eigenvalue weighted by Crippen LogP contribution is 2.43. The van der Waals surface area contributed by atoms with Gasteiger partial charge in [0.05, 0.1) is 16.2 Å². The zero-order valence-corrected chi connectivity index (χ0v) is 21.6. The minimum Gasteiger partial charge on any atom is -0.376 e. The van der Waals surface area contributed by atoms with Crippen LogP contribution in [0.4, 0.5) is 0 Å². The Labute approximate surface area is 230 Å². The fraction of sp³-hybridized carbons (Fsp3) is 0.0312. The Morgan fingerprint density at radius 3 is 2.00 bits per heavy atom. The number of nitrogens with zero attached hydrogens (tertiary/aromatic N) is 3. The summed E-state index contributed by atoms with van der Waals surface area (Å²) in [5.74, 6) is 0. The van der Waals surface area contributed by atoms with Gasteiger partial charge in [-0.05, 0) is 59.2 Å². The summed E-state index contributed by atoms with van der Waals surface area (Å²) >= 11 is 13.4. The van der Waals surface area contributed by atoms with E-state index in [1.807, 2.05) is 78.9 Å². The van der Waals surface area contributed by atoms with Crippen LogP contribution in [0, 0.1) is 0 Å². The van der Waals surface area contributed by atoms with Crippen LogP contribution in [0.1, 0.15) is 16.7 Å². The van der Waals surface area contributed by atoms with Crippen LogP contribution < -0.4 is 0 Å². The Balaban J connectivity index is 1.63. The van der Waals surface area contributed by atoms with Crippen LogP contribution in [0.5, 0.6) is 0 Å². The number of aliphatic hydroxyl groups is 1. The van der Waals surface area contributed by atoms with Crippen molar-refractivity contribution in [2.75, 3.05) is 0 Å². The minimum atomic E-state index is -1.49. The highest BCUT2D eigenvalue weighted by Gasteiger charge is 2.35. The molecule has 0 bridgehead atoms. The first kappa shape index (κ1) is 24.3. The van der Waals surface area contributed by atoms with Crippen molar-refractivity contribution in [3.8, 4) is 22.4 Å². The van der Waals surface area contributed by atoms with Gasteiger partial charge in [0.1, 0.15) is 5.60 Å². The molecule has 0 aliphatic heterocycles.